The van der Waals surface area contributed by atoms with Gasteiger partial charge in [0, 0.05) is 0 Å². The van der Waals surface area contributed by atoms with E-state index < -0.39 is 11.8 Å². The molecule has 50 valence electrons. The summed E-state index contributed by atoms with van der Waals surface area (Å²) in [6.45, 7) is 6.00. The Morgan fingerprint density at radius 1 is 1.00 bits per heavy atom. The first-order chi connectivity index (χ1) is 4.72. The Labute approximate surface area is 57.3 Å². The van der Waals surface area contributed by atoms with E-state index in [4.69, 9.17) is 0 Å². The summed E-state index contributed by atoms with van der Waals surface area (Å²) in [7, 11) is 0. The van der Waals surface area contributed by atoms with Gasteiger partial charge in [0.1, 0.15) is 0 Å². The van der Waals surface area contributed by atoms with Crippen LogP contribution in [0.3, 0.4) is 0 Å². The van der Waals surface area contributed by atoms with Gasteiger partial charge >= 0.3 is 11.8 Å². The third-order valence-electron chi connectivity index (χ3n) is 0.544. The molecule has 2 amide bonds. The molecule has 0 saturated carbocycles. The topological polar surface area (TPSA) is 58.9 Å². The van der Waals surface area contributed by atoms with Crippen molar-refractivity contribution in [3.05, 3.63) is 13.2 Å². The first-order valence-corrected chi connectivity index (χ1v) is 2.26. The number of aliphatic imine (C=N–C) groups is 2. The van der Waals surface area contributed by atoms with E-state index in [0.29, 0.717) is 0 Å². The van der Waals surface area contributed by atoms with Crippen molar-refractivity contribution in [1.29, 1.82) is 0 Å². The molecule has 0 spiro atoms. The van der Waals surface area contributed by atoms with Crippen molar-refractivity contribution in [3.63, 3.8) is 0 Å². The van der Waals surface area contributed by atoms with Crippen LogP contribution in [-0.2, 0) is 9.59 Å². The van der Waals surface area contributed by atoms with Crippen molar-refractivity contribution in [1.82, 2.24) is 0 Å². The van der Waals surface area contributed by atoms with Crippen LogP contribution >= 0.6 is 0 Å². The molecule has 4 nitrogen and oxygen atoms in total. The van der Waals surface area contributed by atoms with Crippen LogP contribution in [0.25, 0.3) is 0 Å². The smallest absolute Gasteiger partial charge is 0.260 e. The van der Waals surface area contributed by atoms with Crippen molar-refractivity contribution in [2.45, 2.75) is 0 Å². The highest BCUT2D eigenvalue weighted by Gasteiger charge is 2.07. The molecule has 0 bridgehead atoms. The van der Waals surface area contributed by atoms with E-state index in [0.717, 1.165) is 0 Å². The third kappa shape index (κ3) is 2.52. The minimum absolute atomic E-state index is 1.02. The molecule has 0 aliphatic carbocycles. The summed E-state index contributed by atoms with van der Waals surface area (Å²) < 4.78 is 0. The summed E-state index contributed by atoms with van der Waals surface area (Å²) in [4.78, 5) is 26.6. The lowest BCUT2D eigenvalue weighted by atomic mass is 10.6. The minimum atomic E-state index is -1.02. The Kier molecular flexibility index (Phi) is 3.42. The number of hydrogen-bond acceptors (Lipinski definition) is 2. The zero-order valence-electron chi connectivity index (χ0n) is 5.13. The molecule has 0 heterocycles. The molecule has 0 radical (unpaired) electrons. The summed E-state index contributed by atoms with van der Waals surface area (Å²) in [6, 6.07) is 0. The van der Waals surface area contributed by atoms with Crippen LogP contribution in [0, 0.1) is 0 Å². The maximum atomic E-state index is 10.4. The zero-order valence-corrected chi connectivity index (χ0v) is 5.13. The second-order valence-electron chi connectivity index (χ2n) is 1.15. The molecule has 0 aromatic heterocycles. The van der Waals surface area contributed by atoms with Crippen molar-refractivity contribution in [2.24, 2.45) is 9.98 Å². The summed E-state index contributed by atoms with van der Waals surface area (Å²) in [5, 5.41) is 0. The molecule has 0 rings (SSSR count). The van der Waals surface area contributed by atoms with E-state index in [1.165, 1.54) is 0 Å². The van der Waals surface area contributed by atoms with E-state index in [2.05, 4.69) is 23.1 Å². The predicted octanol–water partition coefficient (Wildman–Crippen LogP) is -0.249. The second-order valence-corrected chi connectivity index (χ2v) is 1.15. The van der Waals surface area contributed by atoms with Crippen molar-refractivity contribution >= 4 is 23.6 Å². The van der Waals surface area contributed by atoms with Gasteiger partial charge in [-0.05, 0) is 24.9 Å². The molecule has 0 aliphatic heterocycles. The fourth-order valence-electron chi connectivity index (χ4n) is 0.239. The van der Waals surface area contributed by atoms with E-state index in [1.807, 2.05) is 11.7 Å². The summed E-state index contributed by atoms with van der Waals surface area (Å²) in [5.41, 5.74) is 0. The molecule has 0 unspecified atom stereocenters. The lowest BCUT2D eigenvalue weighted by molar-refractivity contribution is -0.134. The Balaban J connectivity index is 4.37. The minimum Gasteiger partial charge on any atom is -0.260 e. The molecule has 4 heteroatoms. The quantitative estimate of drug-likeness (QED) is 0.340. The fourth-order valence-corrected chi connectivity index (χ4v) is 0.239. The number of rotatable bonds is 0. The largest absolute Gasteiger partial charge is 0.346 e. The molecular formula is C6H4N2O2. The normalized spacial score (nSPS) is 6.80. The van der Waals surface area contributed by atoms with Gasteiger partial charge in [-0.15, -0.1) is 0 Å². The van der Waals surface area contributed by atoms with Crippen molar-refractivity contribution in [2.75, 3.05) is 0 Å². The molecule has 0 N–H and O–H groups in total. The van der Waals surface area contributed by atoms with Crippen LogP contribution in [0.5, 0.6) is 0 Å². The maximum absolute atomic E-state index is 10.4. The van der Waals surface area contributed by atoms with Crippen LogP contribution in [0.2, 0.25) is 0 Å². The number of nitrogens with zero attached hydrogens (tertiary/aromatic N) is 2. The highest BCUT2D eigenvalue weighted by molar-refractivity contribution is 6.37. The number of carbonyl (C=O) groups excluding carboxylic acids is 2. The monoisotopic (exact) mass is 136 g/mol. The molecule has 10 heavy (non-hydrogen) atoms. The molecule has 0 aliphatic rings. The molecular weight excluding hydrogens is 132 g/mol. The van der Waals surface area contributed by atoms with Gasteiger partial charge in [-0.3, -0.25) is 9.59 Å². The predicted molar refractivity (Wildman–Crippen MR) is 36.1 cm³/mol. The van der Waals surface area contributed by atoms with Crippen molar-refractivity contribution < 1.29 is 9.59 Å². The molecule has 0 aromatic carbocycles. The number of amides is 2. The van der Waals surface area contributed by atoms with Gasteiger partial charge in [0.2, 0.25) is 0 Å². The van der Waals surface area contributed by atoms with Gasteiger partial charge in [0.05, 0.1) is 0 Å². The van der Waals surface area contributed by atoms with Crippen LogP contribution in [0.4, 0.5) is 0 Å². The molecule has 0 atom stereocenters. The first-order valence-electron chi connectivity index (χ1n) is 2.26. The van der Waals surface area contributed by atoms with Crippen LogP contribution in [-0.4, -0.2) is 23.6 Å². The van der Waals surface area contributed by atoms with Crippen LogP contribution < -0.4 is 0 Å². The van der Waals surface area contributed by atoms with E-state index in [-0.39, 0.29) is 0 Å². The van der Waals surface area contributed by atoms with Gasteiger partial charge in [-0.25, -0.2) is 0 Å². The highest BCUT2D eigenvalue weighted by atomic mass is 16.2. The number of carbonyl (C=O) groups is 2. The lowest BCUT2D eigenvalue weighted by Crippen LogP contribution is -2.06. The van der Waals surface area contributed by atoms with Crippen molar-refractivity contribution in [3.8, 4) is 0 Å². The Morgan fingerprint density at radius 3 is 1.50 bits per heavy atom. The number of hydrogen-bond donors (Lipinski definition) is 0. The van der Waals surface area contributed by atoms with Crippen LogP contribution in [0.15, 0.2) is 23.1 Å². The summed E-state index contributed by atoms with van der Waals surface area (Å²) in [6.07, 6.45) is 0. The maximum Gasteiger partial charge on any atom is 0.346 e. The zero-order chi connectivity index (χ0) is 7.98. The summed E-state index contributed by atoms with van der Waals surface area (Å²) in [5.74, 6) is 1.76. The van der Waals surface area contributed by atoms with Gasteiger partial charge in [0.15, 0.2) is 0 Å². The highest BCUT2D eigenvalue weighted by Crippen LogP contribution is 1.76. The Hall–Kier alpha value is -1.76. The average Bonchev–Trinajstić information content (AvgIpc) is 1.89. The second kappa shape index (κ2) is 4.15. The molecule has 0 saturated heterocycles. The van der Waals surface area contributed by atoms with E-state index in [1.54, 1.807) is 0 Å². The van der Waals surface area contributed by atoms with Gasteiger partial charge in [0.25, 0.3) is 0 Å². The first kappa shape index (κ1) is 8.24. The van der Waals surface area contributed by atoms with Gasteiger partial charge in [-0.2, -0.15) is 9.98 Å². The SMILES string of the molecule is C=C=NC(=O)C(=O)N=C=C. The molecule has 0 aromatic rings. The standard InChI is InChI=1S/C6H4N2O2/c1-3-7-5(9)6(10)8-4-2/h1-2H2. The third-order valence-corrected chi connectivity index (χ3v) is 0.544. The van der Waals surface area contributed by atoms with Crippen LogP contribution in [0.1, 0.15) is 0 Å². The summed E-state index contributed by atoms with van der Waals surface area (Å²) >= 11 is 0. The van der Waals surface area contributed by atoms with Gasteiger partial charge < -0.3 is 0 Å². The van der Waals surface area contributed by atoms with Gasteiger partial charge in [-0.1, -0.05) is 0 Å². The lowest BCUT2D eigenvalue weighted by Gasteiger charge is -1.77. The molecule has 0 fully saturated rings. The Bertz CT molecular complexity index is 227. The average molecular weight is 136 g/mol. The van der Waals surface area contributed by atoms with E-state index in [9.17, 15) is 9.59 Å². The Morgan fingerprint density at radius 2 is 1.30 bits per heavy atom. The fraction of sp³-hybridized carbons (Fsp3) is 0. The van der Waals surface area contributed by atoms with E-state index >= 15 is 0 Å².